The molecule has 1 aliphatic rings. The Balaban J connectivity index is 2.25. The van der Waals surface area contributed by atoms with E-state index < -0.39 is 36.1 Å². The van der Waals surface area contributed by atoms with Crippen LogP contribution in [-0.4, -0.2) is 73.9 Å². The molecule has 21 heavy (non-hydrogen) atoms. The van der Waals surface area contributed by atoms with Gasteiger partial charge in [0.15, 0.2) is 0 Å². The Morgan fingerprint density at radius 3 is 1.81 bits per heavy atom. The van der Waals surface area contributed by atoms with Crippen molar-refractivity contribution >= 4 is 0 Å². The summed E-state index contributed by atoms with van der Waals surface area (Å²) in [4.78, 5) is 0. The Bertz CT molecular complexity index is 459. The average Bonchev–Trinajstić information content (AvgIpc) is 2.50. The summed E-state index contributed by atoms with van der Waals surface area (Å²) in [5, 5.41) is 59.3. The van der Waals surface area contributed by atoms with Gasteiger partial charge in [-0.15, -0.1) is 0 Å². The molecule has 6 atom stereocenters. The lowest BCUT2D eigenvalue weighted by atomic mass is 9.72. The first-order chi connectivity index (χ1) is 9.81. The predicted octanol–water partition coefficient (Wildman–Crippen LogP) is -2.21. The quantitative estimate of drug-likeness (QED) is 0.373. The van der Waals surface area contributed by atoms with Gasteiger partial charge in [-0.2, -0.15) is 0 Å². The van der Waals surface area contributed by atoms with Crippen molar-refractivity contribution < 1.29 is 35.4 Å². The molecule has 118 valence electrons. The monoisotopic (exact) mass is 300 g/mol. The molecule has 0 amide bonds. The minimum absolute atomic E-state index is 0.208. The molecule has 6 N–H and O–H groups in total. The Morgan fingerprint density at radius 2 is 1.38 bits per heavy atom. The number of benzene rings is 1. The predicted molar refractivity (Wildman–Crippen MR) is 71.7 cm³/mol. The van der Waals surface area contributed by atoms with Crippen LogP contribution in [0.25, 0.3) is 0 Å². The summed E-state index contributed by atoms with van der Waals surface area (Å²) in [7, 11) is 1.51. The van der Waals surface area contributed by atoms with Crippen molar-refractivity contribution in [3.8, 4) is 5.75 Å². The molecule has 0 radical (unpaired) electrons. The fourth-order valence-electron chi connectivity index (χ4n) is 2.62. The zero-order valence-electron chi connectivity index (χ0n) is 11.5. The van der Waals surface area contributed by atoms with Gasteiger partial charge in [-0.25, -0.2) is 0 Å². The largest absolute Gasteiger partial charge is 0.497 e. The highest BCUT2D eigenvalue weighted by atomic mass is 16.5. The number of ether oxygens (including phenoxy) is 1. The van der Waals surface area contributed by atoms with Gasteiger partial charge in [-0.05, 0) is 17.7 Å². The van der Waals surface area contributed by atoms with Gasteiger partial charge in [0.2, 0.25) is 0 Å². The number of hydrogen-bond acceptors (Lipinski definition) is 7. The standard InChI is InChI=1S/C14H20O7/c1-21-8-4-2-7(3-5-8)6-14(20)12(18)10(16)9(15)11(17)13(14)19/h2-5,9-13,15-20H,6H2,1H3/t9?,10-,11+,12-,13-,14?/m1/s1. The van der Waals surface area contributed by atoms with Gasteiger partial charge in [-0.3, -0.25) is 0 Å². The lowest BCUT2D eigenvalue weighted by Gasteiger charge is -2.47. The van der Waals surface area contributed by atoms with Crippen molar-refractivity contribution in [1.29, 1.82) is 0 Å². The Labute approximate surface area is 121 Å². The molecule has 7 heteroatoms. The zero-order valence-corrected chi connectivity index (χ0v) is 11.5. The summed E-state index contributed by atoms with van der Waals surface area (Å²) in [5.41, 5.74) is -1.61. The molecule has 0 saturated heterocycles. The zero-order chi connectivity index (χ0) is 15.8. The van der Waals surface area contributed by atoms with Gasteiger partial charge in [0.1, 0.15) is 41.9 Å². The van der Waals surface area contributed by atoms with E-state index in [0.29, 0.717) is 11.3 Å². The van der Waals surface area contributed by atoms with Crippen molar-refractivity contribution in [3.05, 3.63) is 29.8 Å². The summed E-state index contributed by atoms with van der Waals surface area (Å²) in [6, 6.07) is 6.53. The summed E-state index contributed by atoms with van der Waals surface area (Å²) in [6.45, 7) is 0. The molecule has 2 rings (SSSR count). The van der Waals surface area contributed by atoms with Crippen LogP contribution in [0, 0.1) is 0 Å². The maximum Gasteiger partial charge on any atom is 0.125 e. The van der Waals surface area contributed by atoms with E-state index in [4.69, 9.17) is 4.74 Å². The van der Waals surface area contributed by atoms with Gasteiger partial charge in [0, 0.05) is 6.42 Å². The Morgan fingerprint density at radius 1 is 0.905 bits per heavy atom. The first-order valence-corrected chi connectivity index (χ1v) is 6.57. The van der Waals surface area contributed by atoms with Crippen molar-refractivity contribution in [3.63, 3.8) is 0 Å². The first-order valence-electron chi connectivity index (χ1n) is 6.57. The number of rotatable bonds is 3. The summed E-state index contributed by atoms with van der Waals surface area (Å²) < 4.78 is 5.00. The van der Waals surface area contributed by atoms with Crippen molar-refractivity contribution in [2.75, 3.05) is 7.11 Å². The van der Waals surface area contributed by atoms with Crippen LogP contribution in [0.4, 0.5) is 0 Å². The van der Waals surface area contributed by atoms with Crippen LogP contribution in [0.2, 0.25) is 0 Å². The van der Waals surface area contributed by atoms with Crippen LogP contribution in [0.3, 0.4) is 0 Å². The van der Waals surface area contributed by atoms with Gasteiger partial charge in [-0.1, -0.05) is 12.1 Å². The molecule has 0 spiro atoms. The van der Waals surface area contributed by atoms with Crippen LogP contribution in [0.15, 0.2) is 24.3 Å². The molecule has 1 aliphatic carbocycles. The summed E-state index contributed by atoms with van der Waals surface area (Å²) >= 11 is 0. The topological polar surface area (TPSA) is 131 Å². The first kappa shape index (κ1) is 16.2. The van der Waals surface area contributed by atoms with Gasteiger partial charge < -0.3 is 35.4 Å². The van der Waals surface area contributed by atoms with Crippen LogP contribution in [0.1, 0.15) is 5.56 Å². The molecule has 1 aromatic rings. The van der Waals surface area contributed by atoms with Gasteiger partial charge >= 0.3 is 0 Å². The molecule has 1 aromatic carbocycles. The SMILES string of the molecule is COc1ccc(CC2(O)[C@H](O)[C@H](O)C(O)[C@H](O)[C@H]2O)cc1. The second kappa shape index (κ2) is 5.88. The van der Waals surface area contributed by atoms with Crippen LogP contribution >= 0.6 is 0 Å². The summed E-state index contributed by atoms with van der Waals surface area (Å²) in [5.74, 6) is 0.603. The van der Waals surface area contributed by atoms with E-state index in [-0.39, 0.29) is 6.42 Å². The lowest BCUT2D eigenvalue weighted by molar-refractivity contribution is -0.267. The third-order valence-corrected chi connectivity index (χ3v) is 4.02. The fourth-order valence-corrected chi connectivity index (χ4v) is 2.62. The molecular weight excluding hydrogens is 280 g/mol. The van der Waals surface area contributed by atoms with E-state index in [2.05, 4.69) is 0 Å². The minimum Gasteiger partial charge on any atom is -0.497 e. The molecule has 0 aromatic heterocycles. The fraction of sp³-hybridized carbons (Fsp3) is 0.571. The third kappa shape index (κ3) is 2.76. The van der Waals surface area contributed by atoms with E-state index in [1.807, 2.05) is 0 Å². The van der Waals surface area contributed by atoms with Crippen molar-refractivity contribution in [1.82, 2.24) is 0 Å². The van der Waals surface area contributed by atoms with Crippen LogP contribution in [-0.2, 0) is 6.42 Å². The molecule has 2 unspecified atom stereocenters. The summed E-state index contributed by atoms with van der Waals surface area (Å²) in [6.07, 6.45) is -9.05. The Kier molecular flexibility index (Phi) is 4.52. The molecule has 0 aliphatic heterocycles. The molecule has 7 nitrogen and oxygen atoms in total. The maximum absolute atomic E-state index is 10.5. The Hall–Kier alpha value is -1.22. The van der Waals surface area contributed by atoms with Crippen molar-refractivity contribution in [2.24, 2.45) is 0 Å². The van der Waals surface area contributed by atoms with Crippen LogP contribution in [0.5, 0.6) is 5.75 Å². The molecular formula is C14H20O7. The second-order valence-electron chi connectivity index (χ2n) is 5.38. The van der Waals surface area contributed by atoms with E-state index in [1.165, 1.54) is 7.11 Å². The molecule has 1 fully saturated rings. The molecule has 0 heterocycles. The number of hydrogen-bond donors (Lipinski definition) is 6. The number of methoxy groups -OCH3 is 1. The third-order valence-electron chi connectivity index (χ3n) is 4.02. The highest BCUT2D eigenvalue weighted by Gasteiger charge is 2.57. The van der Waals surface area contributed by atoms with E-state index in [1.54, 1.807) is 24.3 Å². The highest BCUT2D eigenvalue weighted by molar-refractivity contribution is 5.29. The normalized spacial score (nSPS) is 40.0. The smallest absolute Gasteiger partial charge is 0.125 e. The van der Waals surface area contributed by atoms with E-state index >= 15 is 0 Å². The average molecular weight is 300 g/mol. The highest BCUT2D eigenvalue weighted by Crippen LogP contribution is 2.33. The molecule has 0 bridgehead atoms. The van der Waals surface area contributed by atoms with E-state index in [9.17, 15) is 30.6 Å². The molecule has 1 saturated carbocycles. The maximum atomic E-state index is 10.5. The van der Waals surface area contributed by atoms with Gasteiger partial charge in [0.25, 0.3) is 0 Å². The van der Waals surface area contributed by atoms with Crippen LogP contribution < -0.4 is 4.74 Å². The number of aliphatic hydroxyl groups excluding tert-OH is 5. The van der Waals surface area contributed by atoms with Crippen molar-refractivity contribution in [2.45, 2.75) is 42.5 Å². The second-order valence-corrected chi connectivity index (χ2v) is 5.38. The van der Waals surface area contributed by atoms with E-state index in [0.717, 1.165) is 0 Å². The minimum atomic E-state index is -2.17. The lowest BCUT2D eigenvalue weighted by Crippen LogP contribution is -2.71. The van der Waals surface area contributed by atoms with Gasteiger partial charge in [0.05, 0.1) is 7.11 Å². The number of aliphatic hydroxyl groups is 6.